The lowest BCUT2D eigenvalue weighted by atomic mass is 9.89. The molecule has 1 unspecified atom stereocenters. The molecule has 0 bridgehead atoms. The Morgan fingerprint density at radius 3 is 2.63 bits per heavy atom. The van der Waals surface area contributed by atoms with Crippen molar-refractivity contribution in [2.24, 2.45) is 0 Å². The molecule has 206 valence electrons. The lowest BCUT2D eigenvalue weighted by Crippen LogP contribution is -2.37. The van der Waals surface area contributed by atoms with E-state index in [2.05, 4.69) is 5.32 Å². The first kappa shape index (κ1) is 29.3. The lowest BCUT2D eigenvalue weighted by Gasteiger charge is -2.24. The molecule has 9 nitrogen and oxygen atoms in total. The summed E-state index contributed by atoms with van der Waals surface area (Å²) in [6.07, 6.45) is 2.91. The average molecular weight is 545 g/mol. The van der Waals surface area contributed by atoms with Crippen molar-refractivity contribution in [3.05, 3.63) is 63.7 Å². The highest BCUT2D eigenvalue weighted by atomic mass is 31.1. The standard InChI is InChI=1S/C28H37N2O7P/c1-7-20-18(5)22-15-35-28(33)25(22)26(31)21(20)13-12-17(4)14-29-23-10-8-9-11-24(23)37-30(38-34)19(6)27(32)36-16(2)3/h8-12,16,19,29,31H,7,13-15,38H2,1-6H3/t19-/m0/s1. The minimum atomic E-state index is -1.55. The van der Waals surface area contributed by atoms with Crippen LogP contribution in [-0.2, 0) is 38.3 Å². The molecule has 0 radical (unpaired) electrons. The fourth-order valence-electron chi connectivity index (χ4n) is 4.36. The number of carbonyl (C=O) groups is 2. The van der Waals surface area contributed by atoms with Gasteiger partial charge in [0.15, 0.2) is 14.4 Å². The van der Waals surface area contributed by atoms with E-state index in [0.29, 0.717) is 24.4 Å². The summed E-state index contributed by atoms with van der Waals surface area (Å²) in [7, 11) is -1.55. The van der Waals surface area contributed by atoms with Crippen molar-refractivity contribution in [3.63, 3.8) is 0 Å². The molecule has 1 aliphatic rings. The number of nitrogens with one attached hydrogen (secondary N) is 1. The zero-order chi connectivity index (χ0) is 28.0. The van der Waals surface area contributed by atoms with Crippen molar-refractivity contribution in [3.8, 4) is 11.5 Å². The van der Waals surface area contributed by atoms with Gasteiger partial charge in [-0.25, -0.2) is 4.79 Å². The number of cyclic esters (lactones) is 1. The molecule has 1 heterocycles. The Labute approximate surface area is 225 Å². The predicted molar refractivity (Wildman–Crippen MR) is 147 cm³/mol. The monoisotopic (exact) mass is 544 g/mol. The van der Waals surface area contributed by atoms with Gasteiger partial charge in [-0.3, -0.25) is 4.79 Å². The molecule has 3 rings (SSSR count). The molecule has 0 aliphatic carbocycles. The maximum atomic E-state index is 12.3. The molecule has 2 aromatic carbocycles. The fraction of sp³-hybridized carbons (Fsp3) is 0.429. The van der Waals surface area contributed by atoms with Gasteiger partial charge in [0.1, 0.15) is 24.0 Å². The van der Waals surface area contributed by atoms with E-state index >= 15 is 0 Å². The van der Waals surface area contributed by atoms with E-state index in [-0.39, 0.29) is 24.0 Å². The summed E-state index contributed by atoms with van der Waals surface area (Å²) in [5.41, 5.74) is 5.47. The van der Waals surface area contributed by atoms with Crippen LogP contribution in [0.5, 0.6) is 11.5 Å². The van der Waals surface area contributed by atoms with Crippen LogP contribution in [0.3, 0.4) is 0 Å². The normalized spacial score (nSPS) is 14.2. The molecule has 10 heteroatoms. The Morgan fingerprint density at radius 1 is 1.26 bits per heavy atom. The molecular formula is C28H37N2O7P. The molecule has 2 atom stereocenters. The number of ether oxygens (including phenoxy) is 2. The first-order valence-corrected chi connectivity index (χ1v) is 13.7. The Balaban J connectivity index is 1.73. The summed E-state index contributed by atoms with van der Waals surface area (Å²) >= 11 is 0. The number of allylic oxidation sites excluding steroid dienone is 1. The molecule has 38 heavy (non-hydrogen) atoms. The molecule has 0 amide bonds. The van der Waals surface area contributed by atoms with Gasteiger partial charge < -0.3 is 29.3 Å². The second-order valence-corrected chi connectivity index (χ2v) is 10.3. The molecule has 0 saturated heterocycles. The van der Waals surface area contributed by atoms with Crippen molar-refractivity contribution in [2.45, 2.75) is 73.1 Å². The van der Waals surface area contributed by atoms with Crippen molar-refractivity contribution in [1.82, 2.24) is 4.83 Å². The van der Waals surface area contributed by atoms with Gasteiger partial charge in [0.25, 0.3) is 0 Å². The van der Waals surface area contributed by atoms with E-state index in [1.54, 1.807) is 32.9 Å². The van der Waals surface area contributed by atoms with E-state index in [1.807, 2.05) is 39.0 Å². The summed E-state index contributed by atoms with van der Waals surface area (Å²) in [6.45, 7) is 11.7. The SMILES string of the molecule is CCc1c(C)c2c(c(O)c1CC=C(C)CNc1ccccc1ON([PH2]=O)[C@@H](C)C(=O)OC(C)C)C(=O)OC2. The van der Waals surface area contributed by atoms with Crippen molar-refractivity contribution < 1.29 is 33.6 Å². The van der Waals surface area contributed by atoms with E-state index in [4.69, 9.17) is 14.3 Å². The number of fused-ring (bicyclic) bond motifs is 1. The van der Waals surface area contributed by atoms with Crippen LogP contribution in [0.15, 0.2) is 35.9 Å². The van der Waals surface area contributed by atoms with Crippen LogP contribution < -0.4 is 10.2 Å². The van der Waals surface area contributed by atoms with Crippen molar-refractivity contribution in [1.29, 1.82) is 0 Å². The van der Waals surface area contributed by atoms with Gasteiger partial charge in [-0.1, -0.05) is 35.5 Å². The van der Waals surface area contributed by atoms with Crippen molar-refractivity contribution >= 4 is 26.2 Å². The highest BCUT2D eigenvalue weighted by Gasteiger charge is 2.31. The van der Waals surface area contributed by atoms with Crippen LogP contribution in [0.1, 0.15) is 67.2 Å². The molecular weight excluding hydrogens is 507 g/mol. The van der Waals surface area contributed by atoms with Crippen molar-refractivity contribution in [2.75, 3.05) is 11.9 Å². The van der Waals surface area contributed by atoms with Gasteiger partial charge in [-0.15, -0.1) is 0 Å². The third-order valence-electron chi connectivity index (χ3n) is 6.48. The highest BCUT2D eigenvalue weighted by Crippen LogP contribution is 2.38. The van der Waals surface area contributed by atoms with E-state index < -0.39 is 26.6 Å². The second-order valence-electron chi connectivity index (χ2n) is 9.54. The van der Waals surface area contributed by atoms with Crippen LogP contribution in [0.2, 0.25) is 0 Å². The first-order valence-electron chi connectivity index (χ1n) is 12.7. The lowest BCUT2D eigenvalue weighted by molar-refractivity contribution is -0.157. The quantitative estimate of drug-likeness (QED) is 0.162. The Bertz CT molecular complexity index is 1240. The second kappa shape index (κ2) is 13.0. The maximum Gasteiger partial charge on any atom is 0.342 e. The number of phenols is 1. The summed E-state index contributed by atoms with van der Waals surface area (Å²) < 4.78 is 22.2. The number of carbonyl (C=O) groups excluding carboxylic acids is 2. The third-order valence-corrected chi connectivity index (χ3v) is 7.24. The summed E-state index contributed by atoms with van der Waals surface area (Å²) in [5.74, 6) is -0.570. The number of hydrogen-bond acceptors (Lipinski definition) is 8. The summed E-state index contributed by atoms with van der Waals surface area (Å²) in [5, 5.41) is 14.2. The number of nitrogens with zero attached hydrogens (tertiary/aromatic N) is 1. The van der Waals surface area contributed by atoms with Gasteiger partial charge in [0, 0.05) is 17.7 Å². The number of anilines is 1. The highest BCUT2D eigenvalue weighted by molar-refractivity contribution is 7.20. The average Bonchev–Trinajstić information content (AvgIpc) is 3.28. The van der Waals surface area contributed by atoms with Crippen LogP contribution in [0.25, 0.3) is 0 Å². The number of hydroxylamine groups is 1. The van der Waals surface area contributed by atoms with Gasteiger partial charge in [0.05, 0.1) is 11.8 Å². The van der Waals surface area contributed by atoms with E-state index in [0.717, 1.165) is 39.1 Å². The minimum absolute atomic E-state index is 0.00558. The van der Waals surface area contributed by atoms with Crippen LogP contribution >= 0.6 is 8.61 Å². The summed E-state index contributed by atoms with van der Waals surface area (Å²) in [4.78, 5) is 31.4. The van der Waals surface area contributed by atoms with Gasteiger partial charge in [-0.2, -0.15) is 0 Å². The number of hydrogen-bond donors (Lipinski definition) is 2. The first-order chi connectivity index (χ1) is 18.1. The van der Waals surface area contributed by atoms with Gasteiger partial charge in [0.2, 0.25) is 0 Å². The molecule has 1 aliphatic heterocycles. The smallest absolute Gasteiger partial charge is 0.342 e. The Morgan fingerprint density at radius 2 is 1.97 bits per heavy atom. The van der Waals surface area contributed by atoms with E-state index in [1.165, 1.54) is 0 Å². The minimum Gasteiger partial charge on any atom is -0.507 e. The van der Waals surface area contributed by atoms with Crippen LogP contribution in [0, 0.1) is 6.92 Å². The Kier molecular flexibility index (Phi) is 10.00. The molecule has 0 spiro atoms. The number of benzene rings is 2. The molecule has 0 saturated carbocycles. The molecule has 0 aromatic heterocycles. The number of aromatic hydroxyl groups is 1. The number of para-hydroxylation sites is 2. The zero-order valence-electron chi connectivity index (χ0n) is 22.8. The topological polar surface area (TPSA) is 114 Å². The number of esters is 2. The van der Waals surface area contributed by atoms with Gasteiger partial charge in [-0.05, 0) is 70.7 Å². The largest absolute Gasteiger partial charge is 0.507 e. The van der Waals surface area contributed by atoms with Crippen LogP contribution in [-0.4, -0.2) is 40.6 Å². The summed E-state index contributed by atoms with van der Waals surface area (Å²) in [6, 6.07) is 6.34. The maximum absolute atomic E-state index is 12.3. The third kappa shape index (κ3) is 6.58. The van der Waals surface area contributed by atoms with Crippen LogP contribution in [0.4, 0.5) is 5.69 Å². The molecule has 2 aromatic rings. The van der Waals surface area contributed by atoms with E-state index in [9.17, 15) is 19.3 Å². The fourth-order valence-corrected chi connectivity index (χ4v) is 4.82. The number of rotatable bonds is 12. The molecule has 0 fully saturated rings. The zero-order valence-corrected chi connectivity index (χ0v) is 23.9. The van der Waals surface area contributed by atoms with Gasteiger partial charge >= 0.3 is 11.9 Å². The Hall–Kier alpha value is -3.29. The molecule has 2 N–H and O–H groups in total. The predicted octanol–water partition coefficient (Wildman–Crippen LogP) is 5.14. The number of phenolic OH excluding ortho intramolecular Hbond substituents is 1.